The number of nitrogens with one attached hydrogen (secondary N) is 1. The van der Waals surface area contributed by atoms with E-state index in [4.69, 9.17) is 5.84 Å². The molecule has 0 aromatic carbocycles. The predicted octanol–water partition coefficient (Wildman–Crippen LogP) is 1.88. The molecule has 3 nitrogen and oxygen atoms in total. The van der Waals surface area contributed by atoms with Crippen LogP contribution in [0.5, 0.6) is 0 Å². The van der Waals surface area contributed by atoms with Gasteiger partial charge in [0.25, 0.3) is 0 Å². The van der Waals surface area contributed by atoms with Crippen LogP contribution in [0.1, 0.15) is 51.9 Å². The van der Waals surface area contributed by atoms with Crippen LogP contribution in [0.15, 0.2) is 0 Å². The van der Waals surface area contributed by atoms with Gasteiger partial charge in [0.15, 0.2) is 0 Å². The lowest BCUT2D eigenvalue weighted by Crippen LogP contribution is -2.61. The molecule has 0 radical (unpaired) electrons. The van der Waals surface area contributed by atoms with E-state index in [9.17, 15) is 0 Å². The molecule has 0 spiro atoms. The van der Waals surface area contributed by atoms with Crippen molar-refractivity contribution >= 4 is 0 Å². The van der Waals surface area contributed by atoms with E-state index >= 15 is 0 Å². The number of hydrogen-bond acceptors (Lipinski definition) is 3. The van der Waals surface area contributed by atoms with Gasteiger partial charge in [0, 0.05) is 11.6 Å². The average Bonchev–Trinajstić information content (AvgIpc) is 2.26. The summed E-state index contributed by atoms with van der Waals surface area (Å²) in [6.07, 6.45) is 9.03. The smallest absolute Gasteiger partial charge is 0.0394 e. The van der Waals surface area contributed by atoms with Crippen LogP contribution in [0.25, 0.3) is 0 Å². The van der Waals surface area contributed by atoms with Gasteiger partial charge in [-0.1, -0.05) is 32.6 Å². The highest BCUT2D eigenvalue weighted by atomic mass is 15.3. The van der Waals surface area contributed by atoms with Crippen LogP contribution in [0, 0.1) is 0 Å². The lowest BCUT2D eigenvalue weighted by Gasteiger charge is -2.48. The molecule has 1 unspecified atom stereocenters. The van der Waals surface area contributed by atoms with Crippen LogP contribution in [-0.4, -0.2) is 30.6 Å². The van der Waals surface area contributed by atoms with E-state index in [2.05, 4.69) is 31.3 Å². The van der Waals surface area contributed by atoms with Gasteiger partial charge in [-0.25, -0.2) is 0 Å². The zero-order valence-electron chi connectivity index (χ0n) is 10.6. The summed E-state index contributed by atoms with van der Waals surface area (Å²) in [6, 6.07) is 0.442. The Hall–Kier alpha value is -0.120. The number of hydrogen-bond donors (Lipinski definition) is 2. The van der Waals surface area contributed by atoms with Crippen LogP contribution < -0.4 is 11.3 Å². The Bertz CT molecular complexity index is 174. The lowest BCUT2D eigenvalue weighted by molar-refractivity contribution is 0.0532. The molecule has 0 bridgehead atoms. The van der Waals surface area contributed by atoms with Crippen molar-refractivity contribution < 1.29 is 0 Å². The minimum absolute atomic E-state index is 0.295. The van der Waals surface area contributed by atoms with Gasteiger partial charge in [-0.05, 0) is 33.4 Å². The van der Waals surface area contributed by atoms with Crippen molar-refractivity contribution in [3.8, 4) is 0 Å². The largest absolute Gasteiger partial charge is 0.302 e. The van der Waals surface area contributed by atoms with Gasteiger partial charge in [0.05, 0.1) is 0 Å². The first-order chi connectivity index (χ1) is 7.17. The Morgan fingerprint density at radius 3 is 2.27 bits per heavy atom. The molecule has 1 aliphatic rings. The summed E-state index contributed by atoms with van der Waals surface area (Å²) in [6.45, 7) is 2.23. The molecule has 0 saturated heterocycles. The number of nitrogens with zero attached hydrogens (tertiary/aromatic N) is 1. The Labute approximate surface area is 94.4 Å². The van der Waals surface area contributed by atoms with Gasteiger partial charge < -0.3 is 4.90 Å². The lowest BCUT2D eigenvalue weighted by atomic mass is 9.74. The predicted molar refractivity (Wildman–Crippen MR) is 65.5 cm³/mol. The topological polar surface area (TPSA) is 41.3 Å². The van der Waals surface area contributed by atoms with Crippen molar-refractivity contribution in [3.05, 3.63) is 0 Å². The first-order valence-corrected chi connectivity index (χ1v) is 6.31. The highest BCUT2D eigenvalue weighted by Gasteiger charge is 2.40. The van der Waals surface area contributed by atoms with Crippen molar-refractivity contribution in [2.45, 2.75) is 63.5 Å². The summed E-state index contributed by atoms with van der Waals surface area (Å²) >= 11 is 0. The molecule has 0 aromatic rings. The second kappa shape index (κ2) is 5.83. The minimum atomic E-state index is 0.295. The van der Waals surface area contributed by atoms with E-state index in [1.54, 1.807) is 0 Å². The van der Waals surface area contributed by atoms with Crippen LogP contribution in [0.2, 0.25) is 0 Å². The quantitative estimate of drug-likeness (QED) is 0.541. The molecule has 0 aliphatic heterocycles. The van der Waals surface area contributed by atoms with Crippen LogP contribution in [0.4, 0.5) is 0 Å². The molecular formula is C12H27N3. The molecule has 1 saturated carbocycles. The van der Waals surface area contributed by atoms with Crippen molar-refractivity contribution in [2.24, 2.45) is 5.84 Å². The summed E-state index contributed by atoms with van der Waals surface area (Å²) in [4.78, 5) is 2.40. The first kappa shape index (κ1) is 12.9. The molecular weight excluding hydrogens is 186 g/mol. The van der Waals surface area contributed by atoms with Gasteiger partial charge in [-0.3, -0.25) is 11.3 Å². The Kier molecular flexibility index (Phi) is 5.03. The fourth-order valence-corrected chi connectivity index (χ4v) is 3.07. The van der Waals surface area contributed by atoms with Gasteiger partial charge in [0.1, 0.15) is 0 Å². The van der Waals surface area contributed by atoms with Gasteiger partial charge in [-0.15, -0.1) is 0 Å². The molecule has 3 N–H and O–H groups in total. The molecule has 1 fully saturated rings. The average molecular weight is 213 g/mol. The van der Waals surface area contributed by atoms with E-state index in [-0.39, 0.29) is 0 Å². The number of likely N-dealkylation sites (N-methyl/N-ethyl adjacent to an activating group) is 1. The molecule has 3 heteroatoms. The summed E-state index contributed by atoms with van der Waals surface area (Å²) in [5, 5.41) is 0. The van der Waals surface area contributed by atoms with Crippen molar-refractivity contribution in [2.75, 3.05) is 14.1 Å². The molecule has 90 valence electrons. The van der Waals surface area contributed by atoms with Crippen molar-refractivity contribution in [1.82, 2.24) is 10.3 Å². The Balaban J connectivity index is 2.77. The van der Waals surface area contributed by atoms with Crippen molar-refractivity contribution in [3.63, 3.8) is 0 Å². The molecule has 0 heterocycles. The van der Waals surface area contributed by atoms with Crippen molar-refractivity contribution in [1.29, 1.82) is 0 Å². The maximum absolute atomic E-state index is 5.74. The summed E-state index contributed by atoms with van der Waals surface area (Å²) in [7, 11) is 4.40. The fourth-order valence-electron chi connectivity index (χ4n) is 3.07. The van der Waals surface area contributed by atoms with Gasteiger partial charge in [0.2, 0.25) is 0 Å². The van der Waals surface area contributed by atoms with Gasteiger partial charge >= 0.3 is 0 Å². The molecule has 1 atom stereocenters. The van der Waals surface area contributed by atoms with Gasteiger partial charge in [-0.2, -0.15) is 0 Å². The monoisotopic (exact) mass is 213 g/mol. The first-order valence-electron chi connectivity index (χ1n) is 6.31. The second-order valence-corrected chi connectivity index (χ2v) is 5.07. The highest BCUT2D eigenvalue weighted by Crippen LogP contribution is 2.36. The van der Waals surface area contributed by atoms with E-state index in [1.807, 2.05) is 0 Å². The zero-order valence-corrected chi connectivity index (χ0v) is 10.6. The van der Waals surface area contributed by atoms with Crippen LogP contribution in [0.3, 0.4) is 0 Å². The van der Waals surface area contributed by atoms with E-state index < -0.39 is 0 Å². The minimum Gasteiger partial charge on any atom is -0.302 e. The molecule has 0 amide bonds. The van der Waals surface area contributed by atoms with E-state index in [0.29, 0.717) is 11.6 Å². The Morgan fingerprint density at radius 1 is 1.27 bits per heavy atom. The number of hydrazine groups is 1. The zero-order chi connectivity index (χ0) is 11.3. The summed E-state index contributed by atoms with van der Waals surface area (Å²) < 4.78 is 0. The maximum Gasteiger partial charge on any atom is 0.0394 e. The molecule has 0 aromatic heterocycles. The third-order valence-corrected chi connectivity index (χ3v) is 4.04. The maximum atomic E-state index is 5.74. The van der Waals surface area contributed by atoms with E-state index in [0.717, 1.165) is 0 Å². The number of nitrogens with two attached hydrogens (primary N) is 1. The standard InChI is InChI=1S/C12H27N3/c1-4-8-11(14-13)12(15(2)3)9-6-5-7-10-12/h11,14H,4-10,13H2,1-3H3. The van der Waals surface area contributed by atoms with E-state index in [1.165, 1.54) is 44.9 Å². The normalized spacial score (nSPS) is 23.0. The third kappa shape index (κ3) is 2.71. The fraction of sp³-hybridized carbons (Fsp3) is 1.00. The highest BCUT2D eigenvalue weighted by molar-refractivity contribution is 4.99. The molecule has 15 heavy (non-hydrogen) atoms. The number of rotatable bonds is 5. The molecule has 1 aliphatic carbocycles. The van der Waals surface area contributed by atoms with Crippen LogP contribution >= 0.6 is 0 Å². The summed E-state index contributed by atoms with van der Waals surface area (Å²) in [5.74, 6) is 5.74. The second-order valence-electron chi connectivity index (χ2n) is 5.07. The SMILES string of the molecule is CCCC(NN)C1(N(C)C)CCCCC1. The summed E-state index contributed by atoms with van der Waals surface area (Å²) in [5.41, 5.74) is 3.35. The third-order valence-electron chi connectivity index (χ3n) is 4.04. The van der Waals surface area contributed by atoms with Crippen LogP contribution in [-0.2, 0) is 0 Å². The Morgan fingerprint density at radius 2 is 1.87 bits per heavy atom. The molecule has 1 rings (SSSR count).